The molecule has 0 saturated heterocycles. The molecule has 1 amide bonds. The summed E-state index contributed by atoms with van der Waals surface area (Å²) in [5, 5.41) is 16.4. The fourth-order valence-corrected chi connectivity index (χ4v) is 0.957. The summed E-state index contributed by atoms with van der Waals surface area (Å²) in [6.07, 6.45) is 0. The van der Waals surface area contributed by atoms with Crippen LogP contribution in [0.4, 0.5) is 5.82 Å². The SMILES string of the molecule is CNC(=O)Cn1nc([N+](=O)[O-])cc1C. The van der Waals surface area contributed by atoms with E-state index in [2.05, 4.69) is 10.4 Å². The Labute approximate surface area is 79.9 Å². The Kier molecular flexibility index (Phi) is 2.80. The molecule has 0 aliphatic rings. The predicted molar refractivity (Wildman–Crippen MR) is 47.7 cm³/mol. The monoisotopic (exact) mass is 198 g/mol. The van der Waals surface area contributed by atoms with Crippen molar-refractivity contribution in [2.45, 2.75) is 13.5 Å². The van der Waals surface area contributed by atoms with Gasteiger partial charge in [0.25, 0.3) is 0 Å². The maximum Gasteiger partial charge on any atom is 0.390 e. The minimum atomic E-state index is -0.590. The van der Waals surface area contributed by atoms with Crippen molar-refractivity contribution in [3.05, 3.63) is 21.9 Å². The van der Waals surface area contributed by atoms with Crippen LogP contribution in [0.5, 0.6) is 0 Å². The van der Waals surface area contributed by atoms with Crippen molar-refractivity contribution < 1.29 is 9.72 Å². The zero-order valence-corrected chi connectivity index (χ0v) is 7.85. The molecular weight excluding hydrogens is 188 g/mol. The number of aryl methyl sites for hydroxylation is 1. The molecule has 76 valence electrons. The first-order chi connectivity index (χ1) is 6.54. The Morgan fingerprint density at radius 1 is 1.79 bits per heavy atom. The number of likely N-dealkylation sites (N-methyl/N-ethyl adjacent to an activating group) is 1. The highest BCUT2D eigenvalue weighted by molar-refractivity contribution is 5.75. The summed E-state index contributed by atoms with van der Waals surface area (Å²) in [6.45, 7) is 1.65. The number of aromatic nitrogens is 2. The smallest absolute Gasteiger partial charge is 0.358 e. The summed E-state index contributed by atoms with van der Waals surface area (Å²) in [5.74, 6) is -0.488. The second-order valence-corrected chi connectivity index (χ2v) is 2.73. The third kappa shape index (κ3) is 2.06. The summed E-state index contributed by atoms with van der Waals surface area (Å²) in [7, 11) is 1.50. The van der Waals surface area contributed by atoms with E-state index in [1.54, 1.807) is 6.92 Å². The lowest BCUT2D eigenvalue weighted by atomic mass is 10.4. The highest BCUT2D eigenvalue weighted by atomic mass is 16.6. The van der Waals surface area contributed by atoms with E-state index in [1.807, 2.05) is 0 Å². The lowest BCUT2D eigenvalue weighted by molar-refractivity contribution is -0.389. The molecule has 0 spiro atoms. The molecule has 0 fully saturated rings. The molecule has 0 aromatic carbocycles. The average molecular weight is 198 g/mol. The van der Waals surface area contributed by atoms with Crippen molar-refractivity contribution in [2.24, 2.45) is 0 Å². The van der Waals surface area contributed by atoms with E-state index >= 15 is 0 Å². The van der Waals surface area contributed by atoms with Gasteiger partial charge in [0.05, 0.1) is 16.9 Å². The zero-order chi connectivity index (χ0) is 10.7. The van der Waals surface area contributed by atoms with Crippen LogP contribution in [0, 0.1) is 17.0 Å². The second-order valence-electron chi connectivity index (χ2n) is 2.73. The first kappa shape index (κ1) is 10.2. The minimum Gasteiger partial charge on any atom is -0.358 e. The molecule has 1 heterocycles. The molecule has 0 saturated carbocycles. The van der Waals surface area contributed by atoms with E-state index in [1.165, 1.54) is 17.8 Å². The normalized spacial score (nSPS) is 9.86. The molecule has 0 aliphatic carbocycles. The van der Waals surface area contributed by atoms with Gasteiger partial charge in [0, 0.05) is 7.05 Å². The van der Waals surface area contributed by atoms with Gasteiger partial charge in [-0.15, -0.1) is 0 Å². The average Bonchev–Trinajstić information content (AvgIpc) is 2.48. The van der Waals surface area contributed by atoms with Gasteiger partial charge in [0.2, 0.25) is 5.91 Å². The van der Waals surface area contributed by atoms with E-state index in [0.717, 1.165) is 0 Å². The fraction of sp³-hybridized carbons (Fsp3) is 0.429. The van der Waals surface area contributed by atoms with Crippen LogP contribution in [-0.2, 0) is 11.3 Å². The number of hydrogen-bond acceptors (Lipinski definition) is 4. The molecule has 0 atom stereocenters. The minimum absolute atomic E-state index is 0.00380. The van der Waals surface area contributed by atoms with Gasteiger partial charge in [0.1, 0.15) is 6.54 Å². The van der Waals surface area contributed by atoms with Crippen LogP contribution >= 0.6 is 0 Å². The summed E-state index contributed by atoms with van der Waals surface area (Å²) in [4.78, 5) is 20.7. The van der Waals surface area contributed by atoms with Crippen LogP contribution < -0.4 is 5.32 Å². The van der Waals surface area contributed by atoms with Gasteiger partial charge in [-0.25, -0.2) is 0 Å². The lowest BCUT2D eigenvalue weighted by Gasteiger charge is -1.97. The molecule has 0 unspecified atom stereocenters. The molecule has 1 aromatic heterocycles. The van der Waals surface area contributed by atoms with Crippen LogP contribution in [0.1, 0.15) is 5.69 Å². The Bertz CT molecular complexity index is 371. The highest BCUT2D eigenvalue weighted by Crippen LogP contribution is 2.10. The van der Waals surface area contributed by atoms with E-state index in [4.69, 9.17) is 0 Å². The summed E-state index contributed by atoms with van der Waals surface area (Å²) < 4.78 is 1.29. The van der Waals surface area contributed by atoms with E-state index in [0.29, 0.717) is 5.69 Å². The van der Waals surface area contributed by atoms with Crippen molar-refractivity contribution >= 4 is 11.7 Å². The molecule has 0 radical (unpaired) electrons. The standard InChI is InChI=1S/C7H10N4O3/c1-5-3-6(11(13)14)9-10(5)4-7(12)8-2/h3H,4H2,1-2H3,(H,8,12). The lowest BCUT2D eigenvalue weighted by Crippen LogP contribution is -2.24. The van der Waals surface area contributed by atoms with Gasteiger partial charge < -0.3 is 15.4 Å². The molecule has 7 nitrogen and oxygen atoms in total. The molecule has 7 heteroatoms. The van der Waals surface area contributed by atoms with Crippen LogP contribution in [0.3, 0.4) is 0 Å². The van der Waals surface area contributed by atoms with E-state index in [9.17, 15) is 14.9 Å². The fourth-order valence-electron chi connectivity index (χ4n) is 0.957. The number of nitro groups is 1. The number of nitrogens with one attached hydrogen (secondary N) is 1. The van der Waals surface area contributed by atoms with Gasteiger partial charge >= 0.3 is 5.82 Å². The molecule has 0 aliphatic heterocycles. The zero-order valence-electron chi connectivity index (χ0n) is 7.85. The van der Waals surface area contributed by atoms with Crippen LogP contribution in [0.15, 0.2) is 6.07 Å². The maximum absolute atomic E-state index is 11.0. The van der Waals surface area contributed by atoms with E-state index in [-0.39, 0.29) is 18.3 Å². The number of nitrogens with zero attached hydrogens (tertiary/aromatic N) is 3. The number of rotatable bonds is 3. The molecule has 0 bridgehead atoms. The largest absolute Gasteiger partial charge is 0.390 e. The van der Waals surface area contributed by atoms with Gasteiger partial charge in [0.15, 0.2) is 0 Å². The Morgan fingerprint density at radius 2 is 2.43 bits per heavy atom. The Hall–Kier alpha value is -1.92. The van der Waals surface area contributed by atoms with Crippen molar-refractivity contribution in [3.63, 3.8) is 0 Å². The number of hydrogen-bond donors (Lipinski definition) is 1. The summed E-state index contributed by atoms with van der Waals surface area (Å²) in [6, 6.07) is 1.32. The number of carbonyl (C=O) groups excluding carboxylic acids is 1. The topological polar surface area (TPSA) is 90.1 Å². The number of amides is 1. The third-order valence-electron chi connectivity index (χ3n) is 1.73. The predicted octanol–water partition coefficient (Wildman–Crippen LogP) is -0.154. The quantitative estimate of drug-likeness (QED) is 0.540. The first-order valence-electron chi connectivity index (χ1n) is 3.94. The Balaban J connectivity index is 2.88. The third-order valence-corrected chi connectivity index (χ3v) is 1.73. The van der Waals surface area contributed by atoms with Crippen LogP contribution in [0.25, 0.3) is 0 Å². The van der Waals surface area contributed by atoms with Gasteiger partial charge in [-0.2, -0.15) is 4.68 Å². The van der Waals surface area contributed by atoms with Crippen molar-refractivity contribution in [1.82, 2.24) is 15.1 Å². The first-order valence-corrected chi connectivity index (χ1v) is 3.94. The molecule has 1 N–H and O–H groups in total. The van der Waals surface area contributed by atoms with Crippen molar-refractivity contribution in [2.75, 3.05) is 7.05 Å². The molecular formula is C7H10N4O3. The van der Waals surface area contributed by atoms with Gasteiger partial charge in [-0.05, 0) is 11.8 Å². The van der Waals surface area contributed by atoms with Gasteiger partial charge in [-0.1, -0.05) is 0 Å². The van der Waals surface area contributed by atoms with Gasteiger partial charge in [-0.3, -0.25) is 4.79 Å². The second kappa shape index (κ2) is 3.86. The molecule has 1 rings (SSSR count). The van der Waals surface area contributed by atoms with Crippen LogP contribution in [-0.4, -0.2) is 27.7 Å². The highest BCUT2D eigenvalue weighted by Gasteiger charge is 2.16. The summed E-state index contributed by atoms with van der Waals surface area (Å²) >= 11 is 0. The Morgan fingerprint density at radius 3 is 2.86 bits per heavy atom. The molecule has 14 heavy (non-hydrogen) atoms. The van der Waals surface area contributed by atoms with E-state index < -0.39 is 4.92 Å². The molecule has 1 aromatic rings. The van der Waals surface area contributed by atoms with Crippen LogP contribution in [0.2, 0.25) is 0 Å². The van der Waals surface area contributed by atoms with Crippen molar-refractivity contribution in [1.29, 1.82) is 0 Å². The maximum atomic E-state index is 11.0. The summed E-state index contributed by atoms with van der Waals surface area (Å²) in [5.41, 5.74) is 0.584. The number of carbonyl (C=O) groups is 1. The van der Waals surface area contributed by atoms with Crippen molar-refractivity contribution in [3.8, 4) is 0 Å².